The summed E-state index contributed by atoms with van der Waals surface area (Å²) in [4.78, 5) is 1.66. The van der Waals surface area contributed by atoms with Crippen molar-refractivity contribution in [2.45, 2.75) is 0 Å². The average Bonchev–Trinajstić information content (AvgIpc) is 1.59. The lowest BCUT2D eigenvalue weighted by Crippen LogP contribution is -2.47. The van der Waals surface area contributed by atoms with Gasteiger partial charge >= 0.3 is 0 Å². The van der Waals surface area contributed by atoms with E-state index < -0.39 is 10.2 Å². The van der Waals surface area contributed by atoms with Crippen LogP contribution in [-0.4, -0.2) is 13.5 Å². The van der Waals surface area contributed by atoms with E-state index in [-0.39, 0.29) is 5.11 Å². The Morgan fingerprint density at radius 2 is 2.00 bits per heavy atom. The smallest absolute Gasteiger partial charge is 0.291 e. The van der Waals surface area contributed by atoms with Crippen LogP contribution in [0.5, 0.6) is 0 Å². The van der Waals surface area contributed by atoms with Gasteiger partial charge in [0.2, 0.25) is 0 Å². The molecule has 9 heavy (non-hydrogen) atoms. The Hall–Kier alpha value is -0.440. The molecule has 0 amide bonds. The molecule has 54 valence electrons. The number of hydrogen-bond donors (Lipinski definition) is 4. The number of thiocarbonyl (C=S) groups is 1. The average molecular weight is 170 g/mol. The normalized spacial score (nSPS) is 10.8. The molecular formula is CH6N4O2S2. The second-order valence-electron chi connectivity index (χ2n) is 1.14. The topological polar surface area (TPSA) is 110 Å². The zero-order valence-electron chi connectivity index (χ0n) is 4.29. The fourth-order valence-electron chi connectivity index (χ4n) is 0.121. The van der Waals surface area contributed by atoms with Crippen molar-refractivity contribution in [1.29, 1.82) is 0 Å². The molecule has 0 aromatic carbocycles. The first kappa shape index (κ1) is 8.56. The number of hydrazine groups is 1. The highest BCUT2D eigenvalue weighted by Gasteiger charge is 1.97. The lowest BCUT2D eigenvalue weighted by molar-refractivity contribution is 0.579. The summed E-state index contributed by atoms with van der Waals surface area (Å²) < 4.78 is 20.0. The second-order valence-corrected chi connectivity index (χ2v) is 2.87. The van der Waals surface area contributed by atoms with Gasteiger partial charge in [-0.25, -0.2) is 5.14 Å². The van der Waals surface area contributed by atoms with E-state index in [0.717, 1.165) is 0 Å². The summed E-state index contributed by atoms with van der Waals surface area (Å²) in [6, 6.07) is 0. The summed E-state index contributed by atoms with van der Waals surface area (Å²) in [6.45, 7) is 0. The van der Waals surface area contributed by atoms with E-state index in [4.69, 9.17) is 5.73 Å². The molecule has 0 aliphatic carbocycles. The Morgan fingerprint density at radius 3 is 2.11 bits per heavy atom. The van der Waals surface area contributed by atoms with Gasteiger partial charge in [0.1, 0.15) is 0 Å². The zero-order valence-corrected chi connectivity index (χ0v) is 5.92. The molecule has 6 N–H and O–H groups in total. The molecule has 0 atom stereocenters. The minimum atomic E-state index is -3.75. The highest BCUT2D eigenvalue weighted by atomic mass is 32.2. The molecule has 0 radical (unpaired) electrons. The van der Waals surface area contributed by atoms with Gasteiger partial charge in [-0.1, -0.05) is 0 Å². The summed E-state index contributed by atoms with van der Waals surface area (Å²) in [5.41, 5.74) is 6.77. The Morgan fingerprint density at radius 1 is 1.56 bits per heavy atom. The van der Waals surface area contributed by atoms with Crippen molar-refractivity contribution >= 4 is 27.5 Å². The van der Waals surface area contributed by atoms with E-state index in [9.17, 15) is 8.42 Å². The van der Waals surface area contributed by atoms with Gasteiger partial charge in [-0.15, -0.1) is 4.83 Å². The van der Waals surface area contributed by atoms with Crippen LogP contribution in [0.15, 0.2) is 0 Å². The maximum atomic E-state index is 10.0. The van der Waals surface area contributed by atoms with Crippen molar-refractivity contribution < 1.29 is 8.42 Å². The Kier molecular flexibility index (Phi) is 2.77. The van der Waals surface area contributed by atoms with E-state index in [1.807, 2.05) is 5.43 Å². The molecule has 0 heterocycles. The van der Waals surface area contributed by atoms with Crippen LogP contribution in [0.3, 0.4) is 0 Å². The Bertz CT molecular complexity index is 195. The van der Waals surface area contributed by atoms with Gasteiger partial charge in [-0.2, -0.15) is 8.42 Å². The van der Waals surface area contributed by atoms with Crippen LogP contribution in [0, 0.1) is 0 Å². The van der Waals surface area contributed by atoms with E-state index in [1.165, 1.54) is 0 Å². The number of hydrogen-bond acceptors (Lipinski definition) is 3. The maximum Gasteiger partial charge on any atom is 0.291 e. The van der Waals surface area contributed by atoms with Crippen LogP contribution in [0.2, 0.25) is 0 Å². The molecule has 8 heteroatoms. The van der Waals surface area contributed by atoms with Gasteiger partial charge in [-0.05, 0) is 12.2 Å². The van der Waals surface area contributed by atoms with Gasteiger partial charge < -0.3 is 5.73 Å². The first-order valence-corrected chi connectivity index (χ1v) is 3.72. The van der Waals surface area contributed by atoms with Gasteiger partial charge in [0.15, 0.2) is 5.11 Å². The lowest BCUT2D eigenvalue weighted by Gasteiger charge is -2.00. The highest BCUT2D eigenvalue weighted by Crippen LogP contribution is 1.59. The zero-order chi connectivity index (χ0) is 7.49. The van der Waals surface area contributed by atoms with Crippen molar-refractivity contribution in [3.05, 3.63) is 0 Å². The first-order valence-electron chi connectivity index (χ1n) is 1.77. The van der Waals surface area contributed by atoms with E-state index in [0.29, 0.717) is 0 Å². The third-order valence-electron chi connectivity index (χ3n) is 0.316. The molecule has 0 bridgehead atoms. The van der Waals surface area contributed by atoms with Crippen LogP contribution < -0.4 is 21.1 Å². The monoisotopic (exact) mass is 170 g/mol. The summed E-state index contributed by atoms with van der Waals surface area (Å²) in [7, 11) is -3.75. The molecule has 0 fully saturated rings. The Labute approximate surface area is 57.7 Å². The molecule has 0 saturated carbocycles. The number of nitrogens with two attached hydrogens (primary N) is 2. The van der Waals surface area contributed by atoms with Crippen LogP contribution in [0.25, 0.3) is 0 Å². The van der Waals surface area contributed by atoms with Crippen molar-refractivity contribution in [3.63, 3.8) is 0 Å². The molecule has 6 nitrogen and oxygen atoms in total. The van der Waals surface area contributed by atoms with Crippen LogP contribution in [0.4, 0.5) is 0 Å². The largest absolute Gasteiger partial charge is 0.375 e. The lowest BCUT2D eigenvalue weighted by atomic mass is 11.2. The highest BCUT2D eigenvalue weighted by molar-refractivity contribution is 7.87. The van der Waals surface area contributed by atoms with Gasteiger partial charge in [0, 0.05) is 0 Å². The maximum absolute atomic E-state index is 10.0. The van der Waals surface area contributed by atoms with Crippen LogP contribution >= 0.6 is 12.2 Å². The molecule has 0 spiro atoms. The van der Waals surface area contributed by atoms with E-state index >= 15 is 0 Å². The molecule has 0 aromatic rings. The molecule has 0 unspecified atom stereocenters. The second kappa shape index (κ2) is 2.92. The summed E-state index contributed by atoms with van der Waals surface area (Å²) in [5.74, 6) is 0. The van der Waals surface area contributed by atoms with Crippen molar-refractivity contribution in [3.8, 4) is 0 Å². The van der Waals surface area contributed by atoms with Gasteiger partial charge in [0.05, 0.1) is 0 Å². The summed E-state index contributed by atoms with van der Waals surface area (Å²) >= 11 is 4.25. The molecule has 0 aliphatic rings. The summed E-state index contributed by atoms with van der Waals surface area (Å²) in [5, 5.41) is 4.28. The predicted octanol–water partition coefficient (Wildman–Crippen LogP) is -2.47. The van der Waals surface area contributed by atoms with Crippen LogP contribution in [0.1, 0.15) is 0 Å². The molecule has 0 rings (SSSR count). The van der Waals surface area contributed by atoms with E-state index in [1.54, 1.807) is 4.83 Å². The quantitative estimate of drug-likeness (QED) is 0.271. The number of nitrogens with one attached hydrogen (secondary N) is 2. The van der Waals surface area contributed by atoms with Gasteiger partial charge in [0.25, 0.3) is 10.2 Å². The minimum Gasteiger partial charge on any atom is -0.375 e. The summed E-state index contributed by atoms with van der Waals surface area (Å²) in [6.07, 6.45) is 0. The van der Waals surface area contributed by atoms with Crippen molar-refractivity contribution in [2.24, 2.45) is 10.9 Å². The molecule has 0 aliphatic heterocycles. The van der Waals surface area contributed by atoms with Crippen molar-refractivity contribution in [2.75, 3.05) is 0 Å². The predicted molar refractivity (Wildman–Crippen MR) is 36.2 cm³/mol. The molecule has 0 saturated heterocycles. The fraction of sp³-hybridized carbons (Fsp3) is 0. The Balaban J connectivity index is 3.67. The minimum absolute atomic E-state index is 0.191. The molecule has 0 aromatic heterocycles. The third-order valence-corrected chi connectivity index (χ3v) is 0.805. The standard InChI is InChI=1S/CH6N4O2S2/c2-1(8)4-5-9(3,6)7/h5H,(H3,2,4,8)(H2,3,6,7). The number of rotatable bonds is 2. The SMILES string of the molecule is NC(=S)NNS(N)(=O)=O. The van der Waals surface area contributed by atoms with E-state index in [2.05, 4.69) is 17.4 Å². The van der Waals surface area contributed by atoms with Gasteiger partial charge in [-0.3, -0.25) is 5.43 Å². The first-order chi connectivity index (χ1) is 3.92. The third kappa shape index (κ3) is 7.56. The van der Waals surface area contributed by atoms with Crippen LogP contribution in [-0.2, 0) is 10.2 Å². The fourth-order valence-corrected chi connectivity index (χ4v) is 0.489. The molecular weight excluding hydrogens is 164 g/mol. The van der Waals surface area contributed by atoms with Crippen molar-refractivity contribution in [1.82, 2.24) is 10.3 Å².